The summed E-state index contributed by atoms with van der Waals surface area (Å²) in [6.07, 6.45) is 4.26. The number of fused-ring (bicyclic) bond motifs is 5. The Hall–Kier alpha value is -4.86. The highest BCUT2D eigenvalue weighted by Crippen LogP contribution is 2.49. The van der Waals surface area contributed by atoms with Crippen LogP contribution in [0, 0.1) is 5.92 Å². The van der Waals surface area contributed by atoms with Gasteiger partial charge in [-0.15, -0.1) is 11.8 Å². The lowest BCUT2D eigenvalue weighted by Crippen LogP contribution is -2.63. The van der Waals surface area contributed by atoms with Crippen molar-refractivity contribution < 1.29 is 77.3 Å². The van der Waals surface area contributed by atoms with Gasteiger partial charge in [0.2, 0.25) is 17.7 Å². The van der Waals surface area contributed by atoms with Crippen LogP contribution in [0.2, 0.25) is 5.02 Å². The Kier molecular flexibility index (Phi) is 24.7. The Morgan fingerprint density at radius 1 is 1.08 bits per heavy atom. The van der Waals surface area contributed by atoms with Crippen molar-refractivity contribution in [2.45, 2.75) is 107 Å². The number of hydrogen-bond donors (Lipinski definition) is 5. The number of aliphatic hydroxyl groups is 1. The second-order valence-corrected chi connectivity index (χ2v) is 22.5. The van der Waals surface area contributed by atoms with Gasteiger partial charge in [-0.05, 0) is 57.4 Å². The molecule has 0 spiro atoms. The number of rotatable bonds is 25. The third-order valence-electron chi connectivity index (χ3n) is 13.5. The normalized spacial score (nSPS) is 23.7. The first-order valence-electron chi connectivity index (χ1n) is 25.3. The maximum atomic E-state index is 14.4. The summed E-state index contributed by atoms with van der Waals surface area (Å²) in [5.74, 6) is -1.11. The third-order valence-corrected chi connectivity index (χ3v) is 16.2. The predicted molar refractivity (Wildman–Crippen MR) is 299 cm³/mol. The summed E-state index contributed by atoms with van der Waals surface area (Å²) < 4.78 is 41.8. The molecule has 5 N–H and O–H groups in total. The second-order valence-electron chi connectivity index (χ2n) is 19.2. The van der Waals surface area contributed by atoms with Crippen molar-refractivity contribution in [3.63, 3.8) is 0 Å². The molecular weight excluding hydrogens is 1100 g/mol. The van der Waals surface area contributed by atoms with Crippen LogP contribution in [0.1, 0.15) is 52.5 Å². The molecule has 1 unspecified atom stereocenters. The minimum absolute atomic E-state index is 0.0659. The Morgan fingerprint density at radius 3 is 2.46 bits per heavy atom. The SMILES string of the molecule is COc1cc2cc(c1Cl)N(C)C(=O)C[C@H](OC(=O)[C@H](C)N(C)C(=O)CCSc1cc(O)n(CCOCCOCCNC(=O)CON=C(CSC)CSC)c1O)[C@]1(C)O[C@H]1C(C)[C@@H]1C[C@@](O)(NC(=O)O1)[C@H](OC)C=CC=C(C)C2. The molecular formula is C52H75ClN6O16S3. The molecule has 5 rings (SSSR count). The Morgan fingerprint density at radius 2 is 1.78 bits per heavy atom. The first kappa shape index (κ1) is 64.0. The van der Waals surface area contributed by atoms with Crippen LogP contribution in [0.3, 0.4) is 0 Å². The number of carbonyl (C=O) groups excluding carboxylic acids is 5. The van der Waals surface area contributed by atoms with E-state index in [-0.39, 0.29) is 93.8 Å². The number of likely N-dealkylation sites (N-methyl/N-ethyl adjacent to an activating group) is 1. The quantitative estimate of drug-likeness (QED) is 0.0215. The zero-order valence-corrected chi connectivity index (χ0v) is 49.1. The van der Waals surface area contributed by atoms with E-state index in [1.165, 1.54) is 48.6 Å². The monoisotopic (exact) mass is 1170 g/mol. The van der Waals surface area contributed by atoms with Crippen LogP contribution in [-0.2, 0) is 65.4 Å². The molecule has 26 heteroatoms. The summed E-state index contributed by atoms with van der Waals surface area (Å²) in [5, 5.41) is 42.8. The third kappa shape index (κ3) is 17.3. The van der Waals surface area contributed by atoms with Crippen molar-refractivity contribution in [3.05, 3.63) is 52.6 Å². The second kappa shape index (κ2) is 30.1. The van der Waals surface area contributed by atoms with E-state index in [0.29, 0.717) is 22.8 Å². The number of anilines is 1. The minimum atomic E-state index is -1.88. The first-order chi connectivity index (χ1) is 37.1. The smallest absolute Gasteiger partial charge is 0.409 e. The number of nitrogens with zero attached hydrogens (tertiary/aromatic N) is 4. The summed E-state index contributed by atoms with van der Waals surface area (Å²) in [7, 11) is 5.88. The molecule has 1 aromatic carbocycles. The number of methoxy groups -OCH3 is 2. The highest BCUT2D eigenvalue weighted by atomic mass is 35.5. The Balaban J connectivity index is 1.17. The van der Waals surface area contributed by atoms with Crippen molar-refractivity contribution in [2.75, 3.05) is 103 Å². The molecule has 4 bridgehead atoms. The van der Waals surface area contributed by atoms with Gasteiger partial charge in [-0.1, -0.05) is 47.5 Å². The number of epoxide rings is 1. The zero-order valence-electron chi connectivity index (χ0n) is 45.9. The van der Waals surface area contributed by atoms with Crippen molar-refractivity contribution in [2.24, 2.45) is 11.1 Å². The number of esters is 1. The highest BCUT2D eigenvalue weighted by Gasteiger charge is 2.64. The maximum absolute atomic E-state index is 14.4. The van der Waals surface area contributed by atoms with Crippen LogP contribution in [0.4, 0.5) is 10.5 Å². The molecule has 3 aliphatic rings. The van der Waals surface area contributed by atoms with Crippen LogP contribution in [0.25, 0.3) is 0 Å². The molecule has 2 saturated heterocycles. The zero-order chi connectivity index (χ0) is 57.3. The van der Waals surface area contributed by atoms with Gasteiger partial charge in [0, 0.05) is 69.8 Å². The Labute approximate surface area is 473 Å². The van der Waals surface area contributed by atoms with Gasteiger partial charge >= 0.3 is 12.1 Å². The summed E-state index contributed by atoms with van der Waals surface area (Å²) in [4.78, 5) is 75.2. The first-order valence-corrected chi connectivity index (χ1v) is 29.4. The van der Waals surface area contributed by atoms with Crippen LogP contribution in [0.5, 0.6) is 17.5 Å². The van der Waals surface area contributed by atoms with Gasteiger partial charge in [0.1, 0.15) is 40.7 Å². The van der Waals surface area contributed by atoms with Crippen molar-refractivity contribution in [1.82, 2.24) is 20.1 Å². The number of aromatic hydroxyl groups is 2. The lowest BCUT2D eigenvalue weighted by atomic mass is 9.83. The van der Waals surface area contributed by atoms with Crippen LogP contribution in [0.15, 0.2) is 52.1 Å². The average molecular weight is 1170 g/mol. The fourth-order valence-electron chi connectivity index (χ4n) is 8.87. The number of hydrogen-bond acceptors (Lipinski definition) is 20. The number of carbonyl (C=O) groups is 5. The summed E-state index contributed by atoms with van der Waals surface area (Å²) in [6, 6.07) is 3.78. The number of oxime groups is 1. The molecule has 0 aliphatic carbocycles. The van der Waals surface area contributed by atoms with E-state index in [0.717, 1.165) is 40.1 Å². The van der Waals surface area contributed by atoms with E-state index in [2.05, 4.69) is 15.8 Å². The molecule has 434 valence electrons. The lowest BCUT2D eigenvalue weighted by molar-refractivity contribution is -0.162. The number of halogens is 1. The van der Waals surface area contributed by atoms with Gasteiger partial charge in [0.05, 0.1) is 68.9 Å². The van der Waals surface area contributed by atoms with Crippen molar-refractivity contribution in [1.29, 1.82) is 0 Å². The van der Waals surface area contributed by atoms with E-state index in [4.69, 9.17) is 49.6 Å². The van der Waals surface area contributed by atoms with Gasteiger partial charge in [-0.2, -0.15) is 23.5 Å². The summed E-state index contributed by atoms with van der Waals surface area (Å²) in [5.41, 5.74) is -0.313. The van der Waals surface area contributed by atoms with E-state index >= 15 is 0 Å². The average Bonchev–Trinajstić information content (AvgIpc) is 4.09. The fourth-order valence-corrected chi connectivity index (χ4v) is 11.2. The van der Waals surface area contributed by atoms with Gasteiger partial charge in [0.25, 0.3) is 5.91 Å². The van der Waals surface area contributed by atoms with E-state index in [1.807, 2.05) is 25.5 Å². The molecule has 0 saturated carbocycles. The van der Waals surface area contributed by atoms with E-state index < -0.39 is 71.6 Å². The summed E-state index contributed by atoms with van der Waals surface area (Å²) in [6.45, 7) is 7.92. The Bertz CT molecular complexity index is 2490. The van der Waals surface area contributed by atoms with Crippen molar-refractivity contribution in [3.8, 4) is 17.5 Å². The number of benzene rings is 1. The van der Waals surface area contributed by atoms with E-state index in [1.54, 1.807) is 68.7 Å². The predicted octanol–water partition coefficient (Wildman–Crippen LogP) is 5.16. The number of aromatic nitrogens is 1. The topological polar surface area (TPSA) is 271 Å². The molecule has 8 atom stereocenters. The number of nitrogens with one attached hydrogen (secondary N) is 2. The molecule has 0 radical (unpaired) electrons. The molecule has 22 nitrogen and oxygen atoms in total. The van der Waals surface area contributed by atoms with Crippen LogP contribution >= 0.6 is 46.9 Å². The standard InChI is InChI=1S/C52H75ClN6O16S3/c1-31-12-11-13-40(69-8)52(67)27-38(73-50(66)55-52)32(2)47-51(4,75-47)41(26-44(62)58(6)36-23-34(22-31)24-37(68-7)46(36)53)74-49(65)33(3)57(5)43(61)14-21-78-39-25-45(63)59(48(39)64)16-18-71-20-19-70-17-15-54-42(60)28-72-56-35(29-76-9)30-77-10/h11-13,23-25,32-33,38,40-41,47,63-64,67H,14-22,26-30H2,1-10H3,(H,54,60)(H,55,66)/t32?,33-,38-,40+,41-,47-,51-,52-/m0/s1. The molecule has 4 amide bonds. The van der Waals surface area contributed by atoms with Gasteiger partial charge in [-0.25, -0.2) is 9.59 Å². The van der Waals surface area contributed by atoms with E-state index in [9.17, 15) is 39.3 Å². The highest BCUT2D eigenvalue weighted by molar-refractivity contribution is 8.00. The molecule has 3 aliphatic heterocycles. The molecule has 2 fully saturated rings. The van der Waals surface area contributed by atoms with Gasteiger partial charge in [-0.3, -0.25) is 24.3 Å². The fraction of sp³-hybridized carbons (Fsp3) is 0.615. The maximum Gasteiger partial charge on any atom is 0.409 e. The molecule has 4 heterocycles. The lowest BCUT2D eigenvalue weighted by Gasteiger charge is -2.42. The molecule has 1 aromatic heterocycles. The minimum Gasteiger partial charge on any atom is -0.495 e. The largest absolute Gasteiger partial charge is 0.495 e. The number of allylic oxidation sites excluding steroid dienone is 3. The number of alkyl carbamates (subject to hydrolysis) is 1. The number of thioether (sulfide) groups is 3. The molecule has 78 heavy (non-hydrogen) atoms. The number of ether oxygens (including phenoxy) is 7. The van der Waals surface area contributed by atoms with Crippen LogP contribution < -0.4 is 20.3 Å². The summed E-state index contributed by atoms with van der Waals surface area (Å²) >= 11 is 11.2. The molecule has 2 aromatic rings. The van der Waals surface area contributed by atoms with Gasteiger partial charge in [0.15, 0.2) is 18.2 Å². The van der Waals surface area contributed by atoms with Crippen LogP contribution in [-0.4, -0.2) is 200 Å². The van der Waals surface area contributed by atoms with Crippen molar-refractivity contribution >= 4 is 88.1 Å². The number of amides is 4. The van der Waals surface area contributed by atoms with Gasteiger partial charge < -0.3 is 68.4 Å².